The minimum Gasteiger partial charge on any atom is -0.493 e. The first-order chi connectivity index (χ1) is 8.71. The Morgan fingerprint density at radius 1 is 1.28 bits per heavy atom. The Hall–Kier alpha value is -2.04. The van der Waals surface area contributed by atoms with E-state index in [9.17, 15) is 4.79 Å². The number of nitrogens with one attached hydrogen (secondary N) is 1. The number of benzene rings is 1. The van der Waals surface area contributed by atoms with Gasteiger partial charge in [-0.15, -0.1) is 0 Å². The van der Waals surface area contributed by atoms with Crippen LogP contribution in [0.5, 0.6) is 11.5 Å². The van der Waals surface area contributed by atoms with Gasteiger partial charge < -0.3 is 9.47 Å². The monoisotopic (exact) mass is 248 g/mol. The predicted octanol–water partition coefficient (Wildman–Crippen LogP) is 1.66. The van der Waals surface area contributed by atoms with Crippen molar-refractivity contribution in [3.8, 4) is 11.5 Å². The van der Waals surface area contributed by atoms with E-state index < -0.39 is 0 Å². The first kappa shape index (κ1) is 12.4. The fourth-order valence-electron chi connectivity index (χ4n) is 2.11. The molecule has 5 heteroatoms. The van der Waals surface area contributed by atoms with E-state index in [2.05, 4.69) is 10.5 Å². The molecule has 0 saturated carbocycles. The Labute approximate surface area is 106 Å². The Bertz CT molecular complexity index is 497. The Morgan fingerprint density at radius 2 is 1.94 bits per heavy atom. The third-order valence-electron chi connectivity index (χ3n) is 3.07. The van der Waals surface area contributed by atoms with Crippen molar-refractivity contribution in [2.75, 3.05) is 14.2 Å². The van der Waals surface area contributed by atoms with E-state index in [1.54, 1.807) is 20.4 Å². The van der Waals surface area contributed by atoms with Crippen LogP contribution in [0.3, 0.4) is 0 Å². The molecular weight excluding hydrogens is 232 g/mol. The van der Waals surface area contributed by atoms with Gasteiger partial charge in [-0.05, 0) is 24.1 Å². The van der Waals surface area contributed by atoms with Crippen molar-refractivity contribution in [1.29, 1.82) is 0 Å². The van der Waals surface area contributed by atoms with E-state index in [1.807, 2.05) is 19.1 Å². The van der Waals surface area contributed by atoms with Crippen LogP contribution in [-0.4, -0.2) is 26.3 Å². The molecule has 18 heavy (non-hydrogen) atoms. The van der Waals surface area contributed by atoms with Crippen LogP contribution >= 0.6 is 0 Å². The smallest absolute Gasteiger partial charge is 0.247 e. The van der Waals surface area contributed by atoms with Crippen LogP contribution in [0.2, 0.25) is 0 Å². The quantitative estimate of drug-likeness (QED) is 0.885. The number of nitrogens with zero attached hydrogens (tertiary/aromatic N) is 1. The topological polar surface area (TPSA) is 59.9 Å². The molecule has 1 atom stereocenters. The van der Waals surface area contributed by atoms with Gasteiger partial charge in [0.1, 0.15) is 0 Å². The minimum absolute atomic E-state index is 0.0975. The van der Waals surface area contributed by atoms with Crippen LogP contribution in [0.1, 0.15) is 30.4 Å². The number of carbonyl (C=O) groups is 1. The summed E-state index contributed by atoms with van der Waals surface area (Å²) >= 11 is 0. The number of hydrogen-bond acceptors (Lipinski definition) is 4. The van der Waals surface area contributed by atoms with Crippen LogP contribution in [0, 0.1) is 0 Å². The van der Waals surface area contributed by atoms with Gasteiger partial charge in [0.15, 0.2) is 11.5 Å². The van der Waals surface area contributed by atoms with Gasteiger partial charge in [0.05, 0.1) is 26.4 Å². The highest BCUT2D eigenvalue weighted by atomic mass is 16.5. The van der Waals surface area contributed by atoms with Gasteiger partial charge in [-0.2, -0.15) is 5.10 Å². The van der Waals surface area contributed by atoms with Crippen molar-refractivity contribution in [1.82, 2.24) is 5.43 Å². The van der Waals surface area contributed by atoms with Gasteiger partial charge in [-0.25, -0.2) is 5.43 Å². The lowest BCUT2D eigenvalue weighted by Gasteiger charge is -2.16. The number of hydrogen-bond donors (Lipinski definition) is 1. The predicted molar refractivity (Wildman–Crippen MR) is 68.3 cm³/mol. The fourth-order valence-corrected chi connectivity index (χ4v) is 2.11. The van der Waals surface area contributed by atoms with Crippen LogP contribution < -0.4 is 14.9 Å². The van der Waals surface area contributed by atoms with Crippen molar-refractivity contribution in [3.63, 3.8) is 0 Å². The summed E-state index contributed by atoms with van der Waals surface area (Å²) < 4.78 is 10.5. The molecule has 1 aromatic carbocycles. The van der Waals surface area contributed by atoms with Crippen molar-refractivity contribution in [2.24, 2.45) is 5.10 Å². The average Bonchev–Trinajstić information content (AvgIpc) is 2.54. The van der Waals surface area contributed by atoms with Gasteiger partial charge in [0.25, 0.3) is 0 Å². The van der Waals surface area contributed by atoms with Gasteiger partial charge in [0.2, 0.25) is 5.91 Å². The molecule has 1 N–H and O–H groups in total. The van der Waals surface area contributed by atoms with Crippen LogP contribution in [0.15, 0.2) is 17.2 Å². The summed E-state index contributed by atoms with van der Waals surface area (Å²) in [6.07, 6.45) is 2.34. The molecule has 5 nitrogen and oxygen atoms in total. The van der Waals surface area contributed by atoms with Crippen molar-refractivity contribution in [2.45, 2.75) is 19.3 Å². The van der Waals surface area contributed by atoms with Gasteiger partial charge in [-0.1, -0.05) is 6.92 Å². The van der Waals surface area contributed by atoms with Gasteiger partial charge in [-0.3, -0.25) is 4.79 Å². The standard InChI is InChI=1S/C13H16N2O3/c1-4-9-10-6-12(18-3)11(17-2)5-8(10)7-14-15-13(9)16/h5-7,9H,4H2,1-3H3,(H,15,16). The van der Waals surface area contributed by atoms with Gasteiger partial charge in [0, 0.05) is 5.56 Å². The molecule has 1 aliphatic rings. The van der Waals surface area contributed by atoms with Crippen molar-refractivity contribution >= 4 is 12.1 Å². The molecule has 1 aliphatic heterocycles. The van der Waals surface area contributed by atoms with Crippen LogP contribution in [-0.2, 0) is 4.79 Å². The van der Waals surface area contributed by atoms with Gasteiger partial charge >= 0.3 is 0 Å². The highest BCUT2D eigenvalue weighted by Gasteiger charge is 2.25. The molecule has 0 radical (unpaired) electrons. The fraction of sp³-hybridized carbons (Fsp3) is 0.385. The third kappa shape index (κ3) is 2.03. The lowest BCUT2D eigenvalue weighted by Crippen LogP contribution is -2.23. The number of hydrazone groups is 1. The molecule has 96 valence electrons. The second kappa shape index (κ2) is 5.08. The Morgan fingerprint density at radius 3 is 2.56 bits per heavy atom. The van der Waals surface area contributed by atoms with E-state index in [1.165, 1.54) is 0 Å². The number of amides is 1. The van der Waals surface area contributed by atoms with Crippen LogP contribution in [0.4, 0.5) is 0 Å². The number of rotatable bonds is 3. The average molecular weight is 248 g/mol. The van der Waals surface area contributed by atoms with Crippen molar-refractivity contribution < 1.29 is 14.3 Å². The summed E-state index contributed by atoms with van der Waals surface area (Å²) in [4.78, 5) is 11.9. The number of ether oxygens (including phenoxy) is 2. The summed E-state index contributed by atoms with van der Waals surface area (Å²) in [5.74, 6) is 0.937. The number of fused-ring (bicyclic) bond motifs is 1. The molecule has 0 bridgehead atoms. The molecule has 0 aliphatic carbocycles. The summed E-state index contributed by atoms with van der Waals surface area (Å²) in [6, 6.07) is 3.68. The lowest BCUT2D eigenvalue weighted by atomic mass is 9.91. The maximum atomic E-state index is 11.9. The Balaban J connectivity index is 2.59. The Kier molecular flexibility index (Phi) is 3.50. The largest absolute Gasteiger partial charge is 0.493 e. The molecular formula is C13H16N2O3. The summed E-state index contributed by atoms with van der Waals surface area (Å²) in [6.45, 7) is 1.97. The zero-order valence-electron chi connectivity index (χ0n) is 10.7. The molecule has 0 spiro atoms. The normalized spacial score (nSPS) is 17.7. The summed E-state index contributed by atoms with van der Waals surface area (Å²) in [5, 5.41) is 3.90. The molecule has 1 unspecified atom stereocenters. The van der Waals surface area contributed by atoms with E-state index in [4.69, 9.17) is 9.47 Å². The molecule has 0 fully saturated rings. The first-order valence-electron chi connectivity index (χ1n) is 5.80. The minimum atomic E-state index is -0.220. The first-order valence-corrected chi connectivity index (χ1v) is 5.80. The summed E-state index contributed by atoms with van der Waals surface area (Å²) in [5.41, 5.74) is 4.30. The second-order valence-electron chi connectivity index (χ2n) is 4.03. The summed E-state index contributed by atoms with van der Waals surface area (Å²) in [7, 11) is 3.16. The van der Waals surface area contributed by atoms with E-state index in [0.29, 0.717) is 17.9 Å². The molecule has 2 rings (SSSR count). The number of carbonyl (C=O) groups excluding carboxylic acids is 1. The molecule has 0 aromatic heterocycles. The van der Waals surface area contributed by atoms with Crippen LogP contribution in [0.25, 0.3) is 0 Å². The number of methoxy groups -OCH3 is 2. The molecule has 0 saturated heterocycles. The maximum absolute atomic E-state index is 11.9. The highest BCUT2D eigenvalue weighted by Crippen LogP contribution is 2.35. The second-order valence-corrected chi connectivity index (χ2v) is 4.03. The van der Waals surface area contributed by atoms with E-state index in [-0.39, 0.29) is 11.8 Å². The SMILES string of the molecule is CCC1C(=O)NN=Cc2cc(OC)c(OC)cc21. The zero-order valence-corrected chi connectivity index (χ0v) is 10.7. The molecule has 1 heterocycles. The van der Waals surface area contributed by atoms with Crippen molar-refractivity contribution in [3.05, 3.63) is 23.3 Å². The maximum Gasteiger partial charge on any atom is 0.247 e. The third-order valence-corrected chi connectivity index (χ3v) is 3.07. The highest BCUT2D eigenvalue weighted by molar-refractivity contribution is 5.93. The molecule has 1 aromatic rings. The lowest BCUT2D eigenvalue weighted by molar-refractivity contribution is -0.122. The zero-order chi connectivity index (χ0) is 13.1. The van der Waals surface area contributed by atoms with E-state index in [0.717, 1.165) is 11.1 Å². The van der Waals surface area contributed by atoms with E-state index >= 15 is 0 Å². The molecule has 1 amide bonds.